The van der Waals surface area contributed by atoms with Gasteiger partial charge in [-0.2, -0.15) is 0 Å². The molecule has 1 aromatic rings. The molecule has 6 nitrogen and oxygen atoms in total. The minimum Gasteiger partial charge on any atom is -0.337 e. The number of rotatable bonds is 5. The van der Waals surface area contributed by atoms with Crippen molar-refractivity contribution < 1.29 is 14.0 Å². The molecule has 0 spiro atoms. The Labute approximate surface area is 178 Å². The fraction of sp³-hybridized carbons (Fsp3) is 0.652. The van der Waals surface area contributed by atoms with Crippen molar-refractivity contribution in [1.29, 1.82) is 0 Å². The smallest absolute Gasteiger partial charge is 0.230 e. The Morgan fingerprint density at radius 1 is 1.17 bits per heavy atom. The van der Waals surface area contributed by atoms with E-state index in [9.17, 15) is 14.0 Å². The average Bonchev–Trinajstić information content (AvgIpc) is 3.18. The Morgan fingerprint density at radius 2 is 1.90 bits per heavy atom. The summed E-state index contributed by atoms with van der Waals surface area (Å²) in [5.74, 6) is 0.0998. The van der Waals surface area contributed by atoms with E-state index in [0.717, 1.165) is 43.6 Å². The van der Waals surface area contributed by atoms with E-state index >= 15 is 0 Å². The van der Waals surface area contributed by atoms with Gasteiger partial charge in [-0.05, 0) is 49.9 Å². The van der Waals surface area contributed by atoms with Gasteiger partial charge in [-0.1, -0.05) is 12.8 Å². The molecular formula is C23H33FN4O2. The first-order chi connectivity index (χ1) is 14.4. The van der Waals surface area contributed by atoms with E-state index in [0.29, 0.717) is 31.2 Å². The van der Waals surface area contributed by atoms with Crippen LogP contribution >= 0.6 is 0 Å². The van der Waals surface area contributed by atoms with Gasteiger partial charge >= 0.3 is 0 Å². The molecule has 1 saturated carbocycles. The number of carbonyl (C=O) groups is 2. The van der Waals surface area contributed by atoms with Crippen molar-refractivity contribution in [3.63, 3.8) is 0 Å². The molecule has 4 rings (SSSR count). The molecule has 0 radical (unpaired) electrons. The Morgan fingerprint density at radius 3 is 2.53 bits per heavy atom. The van der Waals surface area contributed by atoms with Gasteiger partial charge in [0.1, 0.15) is 5.82 Å². The molecule has 30 heavy (non-hydrogen) atoms. The number of halogens is 1. The van der Waals surface area contributed by atoms with E-state index in [-0.39, 0.29) is 29.6 Å². The number of nitrogens with zero attached hydrogens (tertiary/aromatic N) is 2. The van der Waals surface area contributed by atoms with Gasteiger partial charge in [0.25, 0.3) is 0 Å². The molecule has 2 saturated heterocycles. The van der Waals surface area contributed by atoms with Crippen molar-refractivity contribution in [3.05, 3.63) is 29.1 Å². The number of hydrogen-bond acceptors (Lipinski definition) is 4. The Hall–Kier alpha value is -1.99. The largest absolute Gasteiger partial charge is 0.337 e. The Balaban J connectivity index is 1.39. The fourth-order valence-electron chi connectivity index (χ4n) is 4.89. The quantitative estimate of drug-likeness (QED) is 0.774. The molecule has 164 valence electrons. The van der Waals surface area contributed by atoms with E-state index < -0.39 is 0 Å². The van der Waals surface area contributed by atoms with Gasteiger partial charge in [0.15, 0.2) is 0 Å². The summed E-state index contributed by atoms with van der Waals surface area (Å²) >= 11 is 0. The molecule has 0 bridgehead atoms. The van der Waals surface area contributed by atoms with Crippen LogP contribution in [-0.4, -0.2) is 60.4 Å². The predicted molar refractivity (Wildman–Crippen MR) is 115 cm³/mol. The first-order valence-electron chi connectivity index (χ1n) is 11.3. The van der Waals surface area contributed by atoms with Crippen LogP contribution in [0.25, 0.3) is 0 Å². The Bertz CT molecular complexity index is 805. The van der Waals surface area contributed by atoms with Crippen LogP contribution in [0, 0.1) is 24.6 Å². The maximum atomic E-state index is 14.3. The zero-order valence-corrected chi connectivity index (χ0v) is 18.0. The van der Waals surface area contributed by atoms with Crippen LogP contribution in [0.15, 0.2) is 12.1 Å². The predicted octanol–water partition coefficient (Wildman–Crippen LogP) is 2.51. The van der Waals surface area contributed by atoms with Crippen LogP contribution in [0.5, 0.6) is 0 Å². The van der Waals surface area contributed by atoms with Gasteiger partial charge in [0.2, 0.25) is 11.8 Å². The molecule has 1 aliphatic carbocycles. The van der Waals surface area contributed by atoms with Gasteiger partial charge in [0, 0.05) is 56.9 Å². The number of carbonyl (C=O) groups excluding carboxylic acids is 2. The summed E-state index contributed by atoms with van der Waals surface area (Å²) in [5.41, 5.74) is 2.36. The van der Waals surface area contributed by atoms with E-state index in [1.807, 2.05) is 11.8 Å². The maximum Gasteiger partial charge on any atom is 0.230 e. The van der Waals surface area contributed by atoms with Crippen molar-refractivity contribution in [2.45, 2.75) is 52.1 Å². The van der Waals surface area contributed by atoms with Crippen molar-refractivity contribution in [2.75, 3.05) is 38.0 Å². The third-order valence-electron chi connectivity index (χ3n) is 6.98. The zero-order valence-electron chi connectivity index (χ0n) is 18.0. The SMILES string of the molecule is Cc1c(CN2CCN(C(=O)C3CCCC3)C(C)C2)cc(F)cc1NC(=O)C1CNC1. The normalized spacial score (nSPS) is 23.4. The summed E-state index contributed by atoms with van der Waals surface area (Å²) in [6.07, 6.45) is 4.39. The highest BCUT2D eigenvalue weighted by molar-refractivity contribution is 5.94. The summed E-state index contributed by atoms with van der Waals surface area (Å²) in [6, 6.07) is 3.13. The second kappa shape index (κ2) is 9.02. The van der Waals surface area contributed by atoms with Gasteiger partial charge < -0.3 is 15.5 Å². The van der Waals surface area contributed by atoms with Crippen LogP contribution in [0.4, 0.5) is 10.1 Å². The molecule has 1 unspecified atom stereocenters. The summed E-state index contributed by atoms with van der Waals surface area (Å²) in [6.45, 7) is 8.31. The number of benzene rings is 1. The number of hydrogen-bond donors (Lipinski definition) is 2. The van der Waals surface area contributed by atoms with Crippen LogP contribution in [0.2, 0.25) is 0 Å². The van der Waals surface area contributed by atoms with Gasteiger partial charge in [-0.3, -0.25) is 14.5 Å². The van der Waals surface area contributed by atoms with E-state index in [4.69, 9.17) is 0 Å². The van der Waals surface area contributed by atoms with Gasteiger partial charge in [-0.25, -0.2) is 4.39 Å². The number of piperazine rings is 1. The third-order valence-corrected chi connectivity index (χ3v) is 6.98. The Kier molecular flexibility index (Phi) is 6.39. The summed E-state index contributed by atoms with van der Waals surface area (Å²) in [5, 5.41) is 5.99. The minimum absolute atomic E-state index is 0.0394. The molecule has 1 atom stereocenters. The highest BCUT2D eigenvalue weighted by atomic mass is 19.1. The maximum absolute atomic E-state index is 14.3. The van der Waals surface area contributed by atoms with Crippen LogP contribution < -0.4 is 10.6 Å². The minimum atomic E-state index is -0.333. The topological polar surface area (TPSA) is 64.7 Å². The van der Waals surface area contributed by atoms with Gasteiger partial charge in [0.05, 0.1) is 5.92 Å². The third kappa shape index (κ3) is 4.52. The lowest BCUT2D eigenvalue weighted by molar-refractivity contribution is -0.140. The first kappa shape index (κ1) is 21.2. The number of nitrogens with one attached hydrogen (secondary N) is 2. The van der Waals surface area contributed by atoms with Crippen LogP contribution in [-0.2, 0) is 16.1 Å². The molecular weight excluding hydrogens is 383 g/mol. The van der Waals surface area contributed by atoms with Crippen LogP contribution in [0.1, 0.15) is 43.7 Å². The van der Waals surface area contributed by atoms with E-state index in [1.165, 1.54) is 18.9 Å². The standard InChI is InChI=1S/C23H33FN4O2/c1-15-13-27(7-8-28(15)23(30)17-5-3-4-6-17)14-18-9-20(24)10-21(16(18)2)26-22(29)19-11-25-12-19/h9-10,15,17,19,25H,3-8,11-14H2,1-2H3,(H,26,29). The van der Waals surface area contributed by atoms with Crippen molar-refractivity contribution in [3.8, 4) is 0 Å². The highest BCUT2D eigenvalue weighted by Gasteiger charge is 2.33. The summed E-state index contributed by atoms with van der Waals surface area (Å²) in [7, 11) is 0. The summed E-state index contributed by atoms with van der Waals surface area (Å²) in [4.78, 5) is 29.4. The second-order valence-corrected chi connectivity index (χ2v) is 9.18. The highest BCUT2D eigenvalue weighted by Crippen LogP contribution is 2.29. The molecule has 0 aromatic heterocycles. The molecule has 7 heteroatoms. The molecule has 2 heterocycles. The average molecular weight is 417 g/mol. The lowest BCUT2D eigenvalue weighted by Gasteiger charge is -2.41. The zero-order chi connectivity index (χ0) is 21.3. The van der Waals surface area contributed by atoms with Crippen molar-refractivity contribution in [1.82, 2.24) is 15.1 Å². The van der Waals surface area contributed by atoms with Crippen molar-refractivity contribution >= 4 is 17.5 Å². The molecule has 2 amide bonds. The fourth-order valence-corrected chi connectivity index (χ4v) is 4.89. The van der Waals surface area contributed by atoms with E-state index in [2.05, 4.69) is 22.5 Å². The van der Waals surface area contributed by atoms with Crippen LogP contribution in [0.3, 0.4) is 0 Å². The number of anilines is 1. The molecule has 2 N–H and O–H groups in total. The second-order valence-electron chi connectivity index (χ2n) is 9.18. The van der Waals surface area contributed by atoms with Gasteiger partial charge in [-0.15, -0.1) is 0 Å². The molecule has 3 aliphatic rings. The lowest BCUT2D eigenvalue weighted by Crippen LogP contribution is -2.54. The summed E-state index contributed by atoms with van der Waals surface area (Å²) < 4.78 is 14.3. The van der Waals surface area contributed by atoms with E-state index in [1.54, 1.807) is 6.07 Å². The molecule has 2 aliphatic heterocycles. The number of amides is 2. The molecule has 1 aromatic carbocycles. The monoisotopic (exact) mass is 416 g/mol. The lowest BCUT2D eigenvalue weighted by atomic mass is 10.0. The molecule has 3 fully saturated rings. The first-order valence-corrected chi connectivity index (χ1v) is 11.3. The van der Waals surface area contributed by atoms with Crippen molar-refractivity contribution in [2.24, 2.45) is 11.8 Å².